The fourth-order valence-electron chi connectivity index (χ4n) is 3.55. The van der Waals surface area contributed by atoms with Crippen LogP contribution in [-0.4, -0.2) is 30.8 Å². The number of anilines is 1. The molecule has 8 heteroatoms. The summed E-state index contributed by atoms with van der Waals surface area (Å²) in [5.74, 6) is 0.563. The number of nitrogens with zero attached hydrogens (tertiary/aromatic N) is 3. The largest absolute Gasteiger partial charge is 0.419 e. The summed E-state index contributed by atoms with van der Waals surface area (Å²) in [4.78, 5) is 4.51. The Kier molecular flexibility index (Phi) is 6.07. The molecule has 2 heterocycles. The second kappa shape index (κ2) is 8.92. The molecule has 0 aliphatic carbocycles. The number of oxazole rings is 1. The Morgan fingerprint density at radius 2 is 1.74 bits per heavy atom. The molecule has 31 heavy (non-hydrogen) atoms. The van der Waals surface area contributed by atoms with E-state index in [9.17, 15) is 13.7 Å². The van der Waals surface area contributed by atoms with Gasteiger partial charge in [0.1, 0.15) is 6.07 Å². The Morgan fingerprint density at radius 1 is 1.06 bits per heavy atom. The topological polar surface area (TPSA) is 99.2 Å². The van der Waals surface area contributed by atoms with Crippen molar-refractivity contribution in [3.05, 3.63) is 65.4 Å². The summed E-state index contributed by atoms with van der Waals surface area (Å²) in [6.45, 7) is 3.64. The zero-order chi connectivity index (χ0) is 21.8. The van der Waals surface area contributed by atoms with Crippen molar-refractivity contribution in [2.45, 2.75) is 37.6 Å². The number of aromatic nitrogens is 1. The maximum atomic E-state index is 12.8. The van der Waals surface area contributed by atoms with Crippen molar-refractivity contribution in [3.63, 3.8) is 0 Å². The summed E-state index contributed by atoms with van der Waals surface area (Å²) in [6.07, 6.45) is 2.85. The Bertz CT molecular complexity index is 1190. The standard InChI is InChI=1S/C23H24N4O3S/c1-17-5-7-18(8-6-17)16-25-23-21(15-24)26-22(30-23)19-9-11-20(12-10-19)31(28,29)27-13-3-2-4-14-27/h5-12,25H,2-4,13-14,16H2,1H3. The first-order valence-electron chi connectivity index (χ1n) is 10.3. The van der Waals surface area contributed by atoms with Gasteiger partial charge < -0.3 is 9.73 Å². The fourth-order valence-corrected chi connectivity index (χ4v) is 5.07. The molecule has 1 aromatic heterocycles. The molecule has 1 fully saturated rings. The maximum Gasteiger partial charge on any atom is 0.243 e. The van der Waals surface area contributed by atoms with Crippen LogP contribution in [0.4, 0.5) is 5.88 Å². The number of nitriles is 1. The first-order chi connectivity index (χ1) is 15.0. The minimum absolute atomic E-state index is 0.159. The SMILES string of the molecule is Cc1ccc(CNc2oc(-c3ccc(S(=O)(=O)N4CCCCC4)cc3)nc2C#N)cc1. The maximum absolute atomic E-state index is 12.8. The van der Waals surface area contributed by atoms with Gasteiger partial charge in [0.15, 0.2) is 0 Å². The van der Waals surface area contributed by atoms with E-state index in [1.54, 1.807) is 24.3 Å². The highest BCUT2D eigenvalue weighted by atomic mass is 32.2. The van der Waals surface area contributed by atoms with Crippen LogP contribution in [0.5, 0.6) is 0 Å². The predicted octanol–water partition coefficient (Wildman–Crippen LogP) is 4.31. The van der Waals surface area contributed by atoms with Gasteiger partial charge in [-0.1, -0.05) is 36.2 Å². The monoisotopic (exact) mass is 436 g/mol. The highest BCUT2D eigenvalue weighted by Gasteiger charge is 2.26. The molecular weight excluding hydrogens is 412 g/mol. The number of hydrogen-bond donors (Lipinski definition) is 1. The number of benzene rings is 2. The van der Waals surface area contributed by atoms with E-state index in [-0.39, 0.29) is 16.5 Å². The van der Waals surface area contributed by atoms with Crippen molar-refractivity contribution in [1.29, 1.82) is 5.26 Å². The summed E-state index contributed by atoms with van der Waals surface area (Å²) in [7, 11) is -3.49. The lowest BCUT2D eigenvalue weighted by Crippen LogP contribution is -2.35. The molecule has 1 N–H and O–H groups in total. The molecule has 0 unspecified atom stereocenters. The van der Waals surface area contributed by atoms with Crippen molar-refractivity contribution >= 4 is 15.9 Å². The summed E-state index contributed by atoms with van der Waals surface area (Å²) < 4.78 is 32.9. The summed E-state index contributed by atoms with van der Waals surface area (Å²) in [6, 6.07) is 16.5. The van der Waals surface area contributed by atoms with Crippen LogP contribution < -0.4 is 5.32 Å². The lowest BCUT2D eigenvalue weighted by atomic mass is 10.1. The summed E-state index contributed by atoms with van der Waals surface area (Å²) in [5, 5.41) is 12.5. The lowest BCUT2D eigenvalue weighted by molar-refractivity contribution is 0.346. The molecule has 4 rings (SSSR count). The van der Waals surface area contributed by atoms with Crippen molar-refractivity contribution < 1.29 is 12.8 Å². The number of nitrogens with one attached hydrogen (secondary N) is 1. The Morgan fingerprint density at radius 3 is 2.39 bits per heavy atom. The van der Waals surface area contributed by atoms with Crippen LogP contribution in [0, 0.1) is 18.3 Å². The summed E-state index contributed by atoms with van der Waals surface area (Å²) >= 11 is 0. The van der Waals surface area contributed by atoms with Crippen molar-refractivity contribution in [2.24, 2.45) is 0 Å². The number of aryl methyl sites for hydroxylation is 1. The van der Waals surface area contributed by atoms with E-state index in [0.29, 0.717) is 31.1 Å². The van der Waals surface area contributed by atoms with E-state index in [4.69, 9.17) is 4.42 Å². The van der Waals surface area contributed by atoms with Crippen molar-refractivity contribution in [2.75, 3.05) is 18.4 Å². The Balaban J connectivity index is 1.51. The van der Waals surface area contributed by atoms with E-state index in [1.807, 2.05) is 37.3 Å². The second-order valence-corrected chi connectivity index (χ2v) is 9.57. The van der Waals surface area contributed by atoms with E-state index in [1.165, 1.54) is 9.87 Å². The van der Waals surface area contributed by atoms with E-state index in [0.717, 1.165) is 24.8 Å². The zero-order valence-electron chi connectivity index (χ0n) is 17.3. The number of sulfonamides is 1. The Labute approximate surface area is 182 Å². The molecule has 160 valence electrons. The molecule has 0 amide bonds. The van der Waals surface area contributed by atoms with Crippen LogP contribution >= 0.6 is 0 Å². The number of rotatable bonds is 6. The molecule has 7 nitrogen and oxygen atoms in total. The van der Waals surface area contributed by atoms with Gasteiger partial charge >= 0.3 is 0 Å². The molecule has 0 saturated carbocycles. The van der Waals surface area contributed by atoms with Crippen LogP contribution in [0.1, 0.15) is 36.1 Å². The van der Waals surface area contributed by atoms with Crippen molar-refractivity contribution in [3.8, 4) is 17.5 Å². The minimum atomic E-state index is -3.49. The molecule has 1 aliphatic heterocycles. The molecule has 0 radical (unpaired) electrons. The molecular formula is C23H24N4O3S. The van der Waals surface area contributed by atoms with Gasteiger partial charge in [-0.3, -0.25) is 0 Å². The van der Waals surface area contributed by atoms with E-state index >= 15 is 0 Å². The van der Waals surface area contributed by atoms with E-state index in [2.05, 4.69) is 10.3 Å². The average Bonchev–Trinajstić information content (AvgIpc) is 3.23. The lowest BCUT2D eigenvalue weighted by Gasteiger charge is -2.25. The molecule has 1 saturated heterocycles. The highest BCUT2D eigenvalue weighted by molar-refractivity contribution is 7.89. The van der Waals surface area contributed by atoms with Gasteiger partial charge in [-0.05, 0) is 49.6 Å². The number of piperidine rings is 1. The minimum Gasteiger partial charge on any atom is -0.419 e. The predicted molar refractivity (Wildman–Crippen MR) is 118 cm³/mol. The fraction of sp³-hybridized carbons (Fsp3) is 0.304. The van der Waals surface area contributed by atoms with Gasteiger partial charge in [0.25, 0.3) is 0 Å². The van der Waals surface area contributed by atoms with Crippen LogP contribution in [0.25, 0.3) is 11.5 Å². The van der Waals surface area contributed by atoms with Crippen molar-refractivity contribution in [1.82, 2.24) is 9.29 Å². The van der Waals surface area contributed by atoms with Gasteiger partial charge in [0.2, 0.25) is 27.5 Å². The van der Waals surface area contributed by atoms with Gasteiger partial charge in [-0.25, -0.2) is 8.42 Å². The van der Waals surface area contributed by atoms with Crippen LogP contribution in [0.15, 0.2) is 57.8 Å². The molecule has 3 aromatic rings. The smallest absolute Gasteiger partial charge is 0.243 e. The first-order valence-corrected chi connectivity index (χ1v) is 11.7. The number of hydrogen-bond acceptors (Lipinski definition) is 6. The van der Waals surface area contributed by atoms with Crippen LogP contribution in [0.3, 0.4) is 0 Å². The second-order valence-electron chi connectivity index (χ2n) is 7.64. The molecule has 1 aliphatic rings. The third-order valence-electron chi connectivity index (χ3n) is 5.36. The zero-order valence-corrected chi connectivity index (χ0v) is 18.2. The van der Waals surface area contributed by atoms with Gasteiger partial charge in [0, 0.05) is 25.2 Å². The Hall–Kier alpha value is -3.15. The van der Waals surface area contributed by atoms with Crippen LogP contribution in [0.2, 0.25) is 0 Å². The molecule has 0 atom stereocenters. The van der Waals surface area contributed by atoms with E-state index < -0.39 is 10.0 Å². The quantitative estimate of drug-likeness (QED) is 0.618. The highest BCUT2D eigenvalue weighted by Crippen LogP contribution is 2.28. The first kappa shape index (κ1) is 21.1. The van der Waals surface area contributed by atoms with Crippen LogP contribution in [-0.2, 0) is 16.6 Å². The average molecular weight is 437 g/mol. The third kappa shape index (κ3) is 4.63. The van der Waals surface area contributed by atoms with Gasteiger partial charge in [-0.2, -0.15) is 14.6 Å². The molecule has 2 aromatic carbocycles. The summed E-state index contributed by atoms with van der Waals surface area (Å²) in [5.41, 5.74) is 3.00. The normalized spacial score (nSPS) is 14.8. The van der Waals surface area contributed by atoms with Gasteiger partial charge in [-0.15, -0.1) is 0 Å². The van der Waals surface area contributed by atoms with Gasteiger partial charge in [0.05, 0.1) is 4.90 Å². The molecule has 0 bridgehead atoms. The third-order valence-corrected chi connectivity index (χ3v) is 7.27. The molecule has 0 spiro atoms.